The van der Waals surface area contributed by atoms with Crippen molar-refractivity contribution < 1.29 is 9.72 Å². The molecule has 0 spiro atoms. The van der Waals surface area contributed by atoms with Crippen molar-refractivity contribution in [2.45, 2.75) is 4.90 Å². The molecule has 0 saturated heterocycles. The first-order valence-electron chi connectivity index (χ1n) is 4.97. The van der Waals surface area contributed by atoms with Gasteiger partial charge in [-0.3, -0.25) is 14.9 Å². The minimum atomic E-state index is -0.601. The molecular weight excluding hydrogens is 254 g/mol. The summed E-state index contributed by atoms with van der Waals surface area (Å²) in [6, 6.07) is 6.06. The van der Waals surface area contributed by atoms with Crippen molar-refractivity contribution in [3.63, 3.8) is 0 Å². The third-order valence-corrected chi connectivity index (χ3v) is 3.13. The third kappa shape index (κ3) is 3.46. The predicted molar refractivity (Wildman–Crippen MR) is 67.2 cm³/mol. The van der Waals surface area contributed by atoms with Gasteiger partial charge in [-0.05, 0) is 12.1 Å². The standard InChI is InChI=1S/C11H11N3O3S/c1-13(2)11(15)7-18-9-4-3-8(6-12)10(5-9)14(16)17/h3-5H,7H2,1-2H3. The molecule has 0 atom stereocenters. The number of hydrogen-bond donors (Lipinski definition) is 0. The van der Waals surface area contributed by atoms with Gasteiger partial charge in [0.2, 0.25) is 5.91 Å². The number of carbonyl (C=O) groups is 1. The summed E-state index contributed by atoms with van der Waals surface area (Å²) in [5, 5.41) is 19.5. The fourth-order valence-electron chi connectivity index (χ4n) is 1.12. The van der Waals surface area contributed by atoms with Gasteiger partial charge < -0.3 is 4.90 Å². The average Bonchev–Trinajstić information content (AvgIpc) is 2.35. The van der Waals surface area contributed by atoms with E-state index in [2.05, 4.69) is 0 Å². The molecular formula is C11H11N3O3S. The van der Waals surface area contributed by atoms with E-state index in [-0.39, 0.29) is 22.9 Å². The van der Waals surface area contributed by atoms with Crippen LogP contribution in [0.15, 0.2) is 23.1 Å². The minimum absolute atomic E-state index is 0.0169. The van der Waals surface area contributed by atoms with Crippen molar-refractivity contribution >= 4 is 23.4 Å². The second-order valence-corrected chi connectivity index (χ2v) is 4.67. The molecule has 0 aliphatic rings. The normalized spacial score (nSPS) is 9.61. The molecule has 0 aromatic heterocycles. The minimum Gasteiger partial charge on any atom is -0.348 e. The van der Waals surface area contributed by atoms with Crippen LogP contribution in [-0.4, -0.2) is 35.6 Å². The maximum absolute atomic E-state index is 11.4. The quantitative estimate of drug-likeness (QED) is 0.469. The van der Waals surface area contributed by atoms with Gasteiger partial charge in [0.25, 0.3) is 5.69 Å². The first-order chi connectivity index (χ1) is 8.45. The highest BCUT2D eigenvalue weighted by Gasteiger charge is 2.15. The van der Waals surface area contributed by atoms with Gasteiger partial charge in [0, 0.05) is 25.1 Å². The molecule has 0 saturated carbocycles. The predicted octanol–water partition coefficient (Wildman–Crippen LogP) is 1.65. The Bertz CT molecular complexity index is 523. The number of benzene rings is 1. The van der Waals surface area contributed by atoms with Crippen molar-refractivity contribution in [2.75, 3.05) is 19.8 Å². The fraction of sp³-hybridized carbons (Fsp3) is 0.273. The van der Waals surface area contributed by atoms with Gasteiger partial charge in [-0.2, -0.15) is 5.26 Å². The number of nitrogens with zero attached hydrogens (tertiary/aromatic N) is 3. The summed E-state index contributed by atoms with van der Waals surface area (Å²) < 4.78 is 0. The number of nitro benzene ring substituents is 1. The van der Waals surface area contributed by atoms with Crippen LogP contribution in [0, 0.1) is 21.4 Å². The largest absolute Gasteiger partial charge is 0.348 e. The number of carbonyl (C=O) groups excluding carboxylic acids is 1. The van der Waals surface area contributed by atoms with Gasteiger partial charge in [0.05, 0.1) is 10.7 Å². The zero-order valence-electron chi connectivity index (χ0n) is 9.91. The van der Waals surface area contributed by atoms with Crippen LogP contribution in [0.4, 0.5) is 5.69 Å². The Morgan fingerprint density at radius 1 is 1.56 bits per heavy atom. The maximum atomic E-state index is 11.4. The van der Waals surface area contributed by atoms with Crippen molar-refractivity contribution in [3.05, 3.63) is 33.9 Å². The van der Waals surface area contributed by atoms with Crippen LogP contribution >= 0.6 is 11.8 Å². The van der Waals surface area contributed by atoms with Crippen molar-refractivity contribution in [2.24, 2.45) is 0 Å². The smallest absolute Gasteiger partial charge is 0.288 e. The van der Waals surface area contributed by atoms with E-state index < -0.39 is 4.92 Å². The molecule has 1 amide bonds. The first-order valence-corrected chi connectivity index (χ1v) is 5.95. The van der Waals surface area contributed by atoms with E-state index in [0.29, 0.717) is 4.90 Å². The maximum Gasteiger partial charge on any atom is 0.288 e. The van der Waals surface area contributed by atoms with Gasteiger partial charge in [0.15, 0.2) is 0 Å². The lowest BCUT2D eigenvalue weighted by Crippen LogP contribution is -2.23. The number of thioether (sulfide) groups is 1. The summed E-state index contributed by atoms with van der Waals surface area (Å²) in [5.41, 5.74) is -0.219. The summed E-state index contributed by atoms with van der Waals surface area (Å²) in [6.45, 7) is 0. The summed E-state index contributed by atoms with van der Waals surface area (Å²) >= 11 is 1.20. The molecule has 0 radical (unpaired) electrons. The summed E-state index contributed by atoms with van der Waals surface area (Å²) in [7, 11) is 3.29. The Hall–Kier alpha value is -2.07. The average molecular weight is 265 g/mol. The highest BCUT2D eigenvalue weighted by Crippen LogP contribution is 2.26. The van der Waals surface area contributed by atoms with Crippen LogP contribution < -0.4 is 0 Å². The van der Waals surface area contributed by atoms with Gasteiger partial charge in [-0.15, -0.1) is 11.8 Å². The SMILES string of the molecule is CN(C)C(=O)CSc1ccc(C#N)c([N+](=O)[O-])c1. The molecule has 1 aromatic carbocycles. The van der Waals surface area contributed by atoms with Crippen LogP contribution in [0.1, 0.15) is 5.56 Å². The molecule has 1 aromatic rings. The van der Waals surface area contributed by atoms with E-state index in [1.165, 1.54) is 28.8 Å². The van der Waals surface area contributed by atoms with Crippen LogP contribution in [0.5, 0.6) is 0 Å². The Morgan fingerprint density at radius 3 is 2.72 bits per heavy atom. The molecule has 7 heteroatoms. The number of nitriles is 1. The summed E-state index contributed by atoms with van der Waals surface area (Å²) in [6.07, 6.45) is 0. The molecule has 0 aliphatic carbocycles. The molecule has 94 valence electrons. The number of hydrogen-bond acceptors (Lipinski definition) is 5. The summed E-state index contributed by atoms with van der Waals surface area (Å²) in [5.74, 6) is 0.128. The Balaban J connectivity index is 2.87. The topological polar surface area (TPSA) is 87.2 Å². The molecule has 6 nitrogen and oxygen atoms in total. The molecule has 18 heavy (non-hydrogen) atoms. The lowest BCUT2D eigenvalue weighted by Gasteiger charge is -2.09. The van der Waals surface area contributed by atoms with E-state index in [4.69, 9.17) is 5.26 Å². The lowest BCUT2D eigenvalue weighted by molar-refractivity contribution is -0.385. The molecule has 0 bridgehead atoms. The lowest BCUT2D eigenvalue weighted by atomic mass is 10.2. The van der Waals surface area contributed by atoms with Crippen molar-refractivity contribution in [3.8, 4) is 6.07 Å². The van der Waals surface area contributed by atoms with E-state index in [9.17, 15) is 14.9 Å². The molecule has 0 unspecified atom stereocenters. The van der Waals surface area contributed by atoms with Crippen LogP contribution in [0.2, 0.25) is 0 Å². The third-order valence-electron chi connectivity index (χ3n) is 2.15. The van der Waals surface area contributed by atoms with Gasteiger partial charge in [-0.1, -0.05) is 0 Å². The van der Waals surface area contributed by atoms with Crippen LogP contribution in [0.25, 0.3) is 0 Å². The van der Waals surface area contributed by atoms with Crippen molar-refractivity contribution in [1.82, 2.24) is 4.90 Å². The number of rotatable bonds is 4. The molecule has 0 aliphatic heterocycles. The van der Waals surface area contributed by atoms with Gasteiger partial charge in [0.1, 0.15) is 11.6 Å². The monoisotopic (exact) mass is 265 g/mol. The highest BCUT2D eigenvalue weighted by molar-refractivity contribution is 8.00. The number of nitro groups is 1. The molecule has 0 N–H and O–H groups in total. The zero-order chi connectivity index (χ0) is 13.7. The fourth-order valence-corrected chi connectivity index (χ4v) is 2.03. The van der Waals surface area contributed by atoms with E-state index in [0.717, 1.165) is 0 Å². The van der Waals surface area contributed by atoms with Crippen LogP contribution in [0.3, 0.4) is 0 Å². The van der Waals surface area contributed by atoms with Gasteiger partial charge >= 0.3 is 0 Å². The molecule has 0 heterocycles. The van der Waals surface area contributed by atoms with Crippen molar-refractivity contribution in [1.29, 1.82) is 5.26 Å². The van der Waals surface area contributed by atoms with E-state index >= 15 is 0 Å². The summed E-state index contributed by atoms with van der Waals surface area (Å²) in [4.78, 5) is 23.6. The Labute approximate surface area is 108 Å². The van der Waals surface area contributed by atoms with Crippen LogP contribution in [-0.2, 0) is 4.79 Å². The first kappa shape index (κ1) is 14.0. The number of amides is 1. The Morgan fingerprint density at radius 2 is 2.22 bits per heavy atom. The van der Waals surface area contributed by atoms with E-state index in [1.807, 2.05) is 0 Å². The molecule has 0 fully saturated rings. The molecule has 1 rings (SSSR count). The van der Waals surface area contributed by atoms with E-state index in [1.54, 1.807) is 26.2 Å². The Kier molecular flexibility index (Phi) is 4.68. The second kappa shape index (κ2) is 6.02. The van der Waals surface area contributed by atoms with Gasteiger partial charge in [-0.25, -0.2) is 0 Å². The second-order valence-electron chi connectivity index (χ2n) is 3.62. The zero-order valence-corrected chi connectivity index (χ0v) is 10.7. The highest BCUT2D eigenvalue weighted by atomic mass is 32.2.